The third-order valence-electron chi connectivity index (χ3n) is 4.60. The number of ketones is 1. The van der Waals surface area contributed by atoms with Crippen LogP contribution in [0.25, 0.3) is 6.08 Å². The lowest BCUT2D eigenvalue weighted by Gasteiger charge is -2.15. The van der Waals surface area contributed by atoms with Gasteiger partial charge in [0.15, 0.2) is 17.3 Å². The van der Waals surface area contributed by atoms with Crippen LogP contribution < -0.4 is 18.9 Å². The maximum absolute atomic E-state index is 12.7. The van der Waals surface area contributed by atoms with Crippen LogP contribution in [0.3, 0.4) is 0 Å². The van der Waals surface area contributed by atoms with Gasteiger partial charge in [-0.25, -0.2) is 0 Å². The lowest BCUT2D eigenvalue weighted by Crippen LogP contribution is -2.01. The smallest absolute Gasteiger partial charge is 0.203 e. The number of carbonyl (C=O) groups is 1. The molecule has 0 aliphatic carbocycles. The highest BCUT2D eigenvalue weighted by Crippen LogP contribution is 2.38. The topological polar surface area (TPSA) is 54.0 Å². The molecule has 0 aromatic heterocycles. The molecular weight excluding hydrogens is 356 g/mol. The monoisotopic (exact) mass is 384 g/mol. The predicted molar refractivity (Wildman–Crippen MR) is 111 cm³/mol. The van der Waals surface area contributed by atoms with E-state index >= 15 is 0 Å². The maximum atomic E-state index is 12.7. The Labute approximate surface area is 166 Å². The summed E-state index contributed by atoms with van der Waals surface area (Å²) in [5.74, 6) is 2.37. The molecule has 0 N–H and O–H groups in total. The number of rotatable bonds is 8. The Kier molecular flexibility index (Phi) is 7.10. The van der Waals surface area contributed by atoms with Gasteiger partial charge in [-0.15, -0.1) is 0 Å². The molecule has 0 amide bonds. The molecule has 0 saturated heterocycles. The van der Waals surface area contributed by atoms with Crippen LogP contribution in [-0.2, 0) is 0 Å². The van der Waals surface area contributed by atoms with Crippen molar-refractivity contribution in [2.24, 2.45) is 0 Å². The van der Waals surface area contributed by atoms with Gasteiger partial charge < -0.3 is 18.9 Å². The second kappa shape index (κ2) is 9.31. The summed E-state index contributed by atoms with van der Waals surface area (Å²) >= 11 is 0. The second-order valence-corrected chi connectivity index (χ2v) is 6.72. The van der Waals surface area contributed by atoms with E-state index in [1.807, 2.05) is 19.1 Å². The van der Waals surface area contributed by atoms with Crippen molar-refractivity contribution in [2.45, 2.75) is 26.7 Å². The van der Waals surface area contributed by atoms with E-state index in [-0.39, 0.29) is 5.78 Å². The molecule has 0 unspecified atom stereocenters. The Morgan fingerprint density at radius 1 is 0.857 bits per heavy atom. The van der Waals surface area contributed by atoms with Crippen molar-refractivity contribution in [3.8, 4) is 23.0 Å². The average Bonchev–Trinajstić information content (AvgIpc) is 2.70. The minimum absolute atomic E-state index is 0.152. The molecule has 0 fully saturated rings. The minimum Gasteiger partial charge on any atom is -0.496 e. The molecule has 150 valence electrons. The standard InChI is InChI=1S/C23H28O5/c1-14(2)18-11-16(15(3)10-20(18)25-4)8-9-19(24)17-12-21(26-5)23(28-7)22(13-17)27-6/h8-14H,1-7H3/b9-8+. The van der Waals surface area contributed by atoms with Gasteiger partial charge >= 0.3 is 0 Å². The molecule has 0 atom stereocenters. The summed E-state index contributed by atoms with van der Waals surface area (Å²) in [6.07, 6.45) is 3.38. The van der Waals surface area contributed by atoms with Gasteiger partial charge in [-0.3, -0.25) is 4.79 Å². The second-order valence-electron chi connectivity index (χ2n) is 6.72. The number of allylic oxidation sites excluding steroid dienone is 1. The molecule has 0 bridgehead atoms. The molecular formula is C23H28O5. The lowest BCUT2D eigenvalue weighted by molar-refractivity contribution is 0.104. The highest BCUT2D eigenvalue weighted by molar-refractivity contribution is 6.07. The highest BCUT2D eigenvalue weighted by Gasteiger charge is 2.16. The number of benzene rings is 2. The highest BCUT2D eigenvalue weighted by atomic mass is 16.5. The van der Waals surface area contributed by atoms with Crippen molar-refractivity contribution >= 4 is 11.9 Å². The van der Waals surface area contributed by atoms with Gasteiger partial charge in [0.2, 0.25) is 5.75 Å². The SMILES string of the molecule is COc1cc(C)c(/C=C/C(=O)c2cc(OC)c(OC)c(OC)c2)cc1C(C)C. The molecule has 0 aliphatic rings. The van der Waals surface area contributed by atoms with E-state index in [2.05, 4.69) is 19.9 Å². The molecule has 2 aromatic carbocycles. The molecule has 0 aliphatic heterocycles. The first-order valence-corrected chi connectivity index (χ1v) is 9.07. The Hall–Kier alpha value is -2.95. The zero-order chi connectivity index (χ0) is 20.8. The fourth-order valence-electron chi connectivity index (χ4n) is 3.01. The first-order valence-electron chi connectivity index (χ1n) is 9.07. The van der Waals surface area contributed by atoms with Crippen LogP contribution in [-0.4, -0.2) is 34.2 Å². The van der Waals surface area contributed by atoms with Gasteiger partial charge in [0, 0.05) is 5.56 Å². The van der Waals surface area contributed by atoms with Gasteiger partial charge in [0.25, 0.3) is 0 Å². The van der Waals surface area contributed by atoms with Crippen molar-refractivity contribution in [3.63, 3.8) is 0 Å². The zero-order valence-electron chi connectivity index (χ0n) is 17.6. The zero-order valence-corrected chi connectivity index (χ0v) is 17.6. The van der Waals surface area contributed by atoms with Gasteiger partial charge in [0.05, 0.1) is 28.4 Å². The fourth-order valence-corrected chi connectivity index (χ4v) is 3.01. The number of ether oxygens (including phenoxy) is 4. The summed E-state index contributed by atoms with van der Waals surface area (Å²) in [4.78, 5) is 12.7. The number of carbonyl (C=O) groups excluding carboxylic acids is 1. The number of methoxy groups -OCH3 is 4. The molecule has 28 heavy (non-hydrogen) atoms. The Bertz CT molecular complexity index is 856. The predicted octanol–water partition coefficient (Wildman–Crippen LogP) is 5.05. The first-order chi connectivity index (χ1) is 13.4. The molecule has 0 heterocycles. The van der Waals surface area contributed by atoms with E-state index in [1.54, 1.807) is 25.3 Å². The van der Waals surface area contributed by atoms with Crippen molar-refractivity contribution in [1.29, 1.82) is 0 Å². The van der Waals surface area contributed by atoms with Crippen LogP contribution in [0.5, 0.6) is 23.0 Å². The van der Waals surface area contributed by atoms with Gasteiger partial charge in [-0.2, -0.15) is 0 Å². The van der Waals surface area contributed by atoms with E-state index in [0.29, 0.717) is 28.7 Å². The summed E-state index contributed by atoms with van der Waals surface area (Å²) < 4.78 is 21.4. The van der Waals surface area contributed by atoms with Crippen LogP contribution >= 0.6 is 0 Å². The molecule has 5 heteroatoms. The largest absolute Gasteiger partial charge is 0.496 e. The molecule has 0 radical (unpaired) electrons. The van der Waals surface area contributed by atoms with E-state index in [4.69, 9.17) is 18.9 Å². The third kappa shape index (κ3) is 4.47. The summed E-state index contributed by atoms with van der Waals surface area (Å²) in [6, 6.07) is 7.36. The Morgan fingerprint density at radius 2 is 1.43 bits per heavy atom. The Balaban J connectivity index is 2.40. The van der Waals surface area contributed by atoms with E-state index in [1.165, 1.54) is 21.3 Å². The van der Waals surface area contributed by atoms with Crippen LogP contribution in [0.15, 0.2) is 30.3 Å². The van der Waals surface area contributed by atoms with Crippen LogP contribution in [0, 0.1) is 6.92 Å². The lowest BCUT2D eigenvalue weighted by atomic mass is 9.96. The minimum atomic E-state index is -0.152. The molecule has 0 spiro atoms. The van der Waals surface area contributed by atoms with Crippen LogP contribution in [0.4, 0.5) is 0 Å². The van der Waals surface area contributed by atoms with Crippen molar-refractivity contribution < 1.29 is 23.7 Å². The van der Waals surface area contributed by atoms with Crippen molar-refractivity contribution in [2.75, 3.05) is 28.4 Å². The maximum Gasteiger partial charge on any atom is 0.203 e. The van der Waals surface area contributed by atoms with E-state index in [0.717, 1.165) is 22.4 Å². The first kappa shape index (κ1) is 21.4. The molecule has 2 rings (SSSR count). The summed E-state index contributed by atoms with van der Waals surface area (Å²) in [5, 5.41) is 0. The van der Waals surface area contributed by atoms with Crippen LogP contribution in [0.1, 0.15) is 46.8 Å². The Morgan fingerprint density at radius 3 is 1.89 bits per heavy atom. The van der Waals surface area contributed by atoms with Gasteiger partial charge in [-0.05, 0) is 59.9 Å². The number of hydrogen-bond donors (Lipinski definition) is 0. The van der Waals surface area contributed by atoms with Crippen molar-refractivity contribution in [3.05, 3.63) is 52.6 Å². The van der Waals surface area contributed by atoms with E-state index in [9.17, 15) is 4.79 Å². The third-order valence-corrected chi connectivity index (χ3v) is 4.60. The van der Waals surface area contributed by atoms with Crippen LogP contribution in [0.2, 0.25) is 0 Å². The van der Waals surface area contributed by atoms with Crippen molar-refractivity contribution in [1.82, 2.24) is 0 Å². The van der Waals surface area contributed by atoms with E-state index < -0.39 is 0 Å². The summed E-state index contributed by atoms with van der Waals surface area (Å²) in [5.41, 5.74) is 3.58. The quantitative estimate of drug-likeness (QED) is 0.471. The molecule has 5 nitrogen and oxygen atoms in total. The number of aryl methyl sites for hydroxylation is 1. The summed E-state index contributed by atoms with van der Waals surface area (Å²) in [6.45, 7) is 6.22. The van der Waals surface area contributed by atoms with Gasteiger partial charge in [-0.1, -0.05) is 19.9 Å². The van der Waals surface area contributed by atoms with Gasteiger partial charge in [0.1, 0.15) is 5.75 Å². The fraction of sp³-hybridized carbons (Fsp3) is 0.348. The average molecular weight is 384 g/mol. The summed E-state index contributed by atoms with van der Waals surface area (Å²) in [7, 11) is 6.25. The normalized spacial score (nSPS) is 11.0. The molecule has 2 aromatic rings. The molecule has 0 saturated carbocycles. The number of hydrogen-bond acceptors (Lipinski definition) is 5.